The SMILES string of the molecule is COc1ccc(-c2nc(C(=O)OCC(=O)Nc3c(C)cccc3C)cs2)cc1. The molecule has 0 aliphatic heterocycles. The number of nitrogens with one attached hydrogen (secondary N) is 1. The average Bonchev–Trinajstić information content (AvgIpc) is 3.19. The van der Waals surface area contributed by atoms with Crippen LogP contribution in [0.1, 0.15) is 21.6 Å². The first-order valence-corrected chi connectivity index (χ1v) is 9.49. The van der Waals surface area contributed by atoms with Crippen molar-refractivity contribution in [3.63, 3.8) is 0 Å². The molecule has 1 aromatic heterocycles. The highest BCUT2D eigenvalue weighted by Gasteiger charge is 2.16. The van der Waals surface area contributed by atoms with E-state index in [4.69, 9.17) is 9.47 Å². The van der Waals surface area contributed by atoms with E-state index < -0.39 is 11.9 Å². The van der Waals surface area contributed by atoms with Crippen molar-refractivity contribution in [3.05, 3.63) is 64.7 Å². The Hall–Kier alpha value is -3.19. The second-order valence-corrected chi connectivity index (χ2v) is 7.02. The van der Waals surface area contributed by atoms with Crippen LogP contribution in [0.5, 0.6) is 5.75 Å². The molecule has 0 fully saturated rings. The molecular weight excluding hydrogens is 376 g/mol. The van der Waals surface area contributed by atoms with Gasteiger partial charge in [-0.05, 0) is 49.2 Å². The fourth-order valence-corrected chi connectivity index (χ4v) is 3.42. The summed E-state index contributed by atoms with van der Waals surface area (Å²) in [5, 5.41) is 5.09. The van der Waals surface area contributed by atoms with Crippen molar-refractivity contribution >= 4 is 28.9 Å². The summed E-state index contributed by atoms with van der Waals surface area (Å²) >= 11 is 1.33. The number of thiazole rings is 1. The van der Waals surface area contributed by atoms with Gasteiger partial charge in [0.25, 0.3) is 5.91 Å². The number of benzene rings is 2. The quantitative estimate of drug-likeness (QED) is 0.631. The van der Waals surface area contributed by atoms with E-state index in [9.17, 15) is 9.59 Å². The largest absolute Gasteiger partial charge is 0.497 e. The van der Waals surface area contributed by atoms with Crippen molar-refractivity contribution in [1.82, 2.24) is 4.98 Å². The van der Waals surface area contributed by atoms with Crippen molar-refractivity contribution in [1.29, 1.82) is 0 Å². The Kier molecular flexibility index (Phi) is 6.06. The van der Waals surface area contributed by atoms with Crippen LogP contribution in [-0.2, 0) is 9.53 Å². The lowest BCUT2D eigenvalue weighted by atomic mass is 10.1. The van der Waals surface area contributed by atoms with Gasteiger partial charge >= 0.3 is 5.97 Å². The lowest BCUT2D eigenvalue weighted by molar-refractivity contribution is -0.119. The van der Waals surface area contributed by atoms with Gasteiger partial charge in [0, 0.05) is 16.6 Å². The molecule has 0 aliphatic carbocycles. The van der Waals surface area contributed by atoms with Gasteiger partial charge in [0.1, 0.15) is 10.8 Å². The van der Waals surface area contributed by atoms with Crippen LogP contribution in [0.2, 0.25) is 0 Å². The Morgan fingerprint density at radius 3 is 2.39 bits per heavy atom. The van der Waals surface area contributed by atoms with Gasteiger partial charge in [0.05, 0.1) is 7.11 Å². The van der Waals surface area contributed by atoms with E-state index in [1.165, 1.54) is 11.3 Å². The molecule has 0 atom stereocenters. The summed E-state index contributed by atoms with van der Waals surface area (Å²) in [5.74, 6) is -0.279. The van der Waals surface area contributed by atoms with Crippen LogP contribution in [0.15, 0.2) is 47.8 Å². The third kappa shape index (κ3) is 4.55. The number of rotatable bonds is 6. The molecule has 0 bridgehead atoms. The predicted molar refractivity (Wildman–Crippen MR) is 109 cm³/mol. The minimum Gasteiger partial charge on any atom is -0.497 e. The summed E-state index contributed by atoms with van der Waals surface area (Å²) in [6.45, 7) is 3.44. The highest BCUT2D eigenvalue weighted by Crippen LogP contribution is 2.26. The number of hydrogen-bond donors (Lipinski definition) is 1. The first kappa shape index (κ1) is 19.6. The van der Waals surface area contributed by atoms with Crippen LogP contribution in [0.4, 0.5) is 5.69 Å². The van der Waals surface area contributed by atoms with Crippen molar-refractivity contribution < 1.29 is 19.1 Å². The van der Waals surface area contributed by atoms with E-state index in [1.54, 1.807) is 12.5 Å². The first-order valence-electron chi connectivity index (χ1n) is 8.61. The zero-order valence-electron chi connectivity index (χ0n) is 15.8. The molecule has 1 N–H and O–H groups in total. The zero-order valence-corrected chi connectivity index (χ0v) is 16.6. The molecule has 28 heavy (non-hydrogen) atoms. The minimum atomic E-state index is -0.632. The van der Waals surface area contributed by atoms with E-state index in [2.05, 4.69) is 10.3 Å². The number of anilines is 1. The molecule has 0 saturated heterocycles. The molecule has 144 valence electrons. The summed E-state index contributed by atoms with van der Waals surface area (Å²) in [6, 6.07) is 13.1. The number of hydrogen-bond acceptors (Lipinski definition) is 6. The Morgan fingerprint density at radius 2 is 1.75 bits per heavy atom. The van der Waals surface area contributed by atoms with Gasteiger partial charge in [0.15, 0.2) is 12.3 Å². The number of carbonyl (C=O) groups excluding carboxylic acids is 2. The Balaban J connectivity index is 1.59. The van der Waals surface area contributed by atoms with Crippen LogP contribution in [0.3, 0.4) is 0 Å². The summed E-state index contributed by atoms with van der Waals surface area (Å²) in [4.78, 5) is 28.6. The van der Waals surface area contributed by atoms with Crippen LogP contribution in [0.25, 0.3) is 10.6 Å². The van der Waals surface area contributed by atoms with Crippen LogP contribution in [-0.4, -0.2) is 30.6 Å². The topological polar surface area (TPSA) is 77.5 Å². The van der Waals surface area contributed by atoms with Crippen molar-refractivity contribution in [2.45, 2.75) is 13.8 Å². The summed E-state index contributed by atoms with van der Waals surface area (Å²) in [5.41, 5.74) is 3.68. The molecule has 3 aromatic rings. The van der Waals surface area contributed by atoms with E-state index in [1.807, 2.05) is 56.3 Å². The molecule has 0 aliphatic rings. The molecule has 2 aromatic carbocycles. The highest BCUT2D eigenvalue weighted by molar-refractivity contribution is 7.13. The first-order chi connectivity index (χ1) is 13.5. The monoisotopic (exact) mass is 396 g/mol. The summed E-state index contributed by atoms with van der Waals surface area (Å²) in [7, 11) is 1.60. The summed E-state index contributed by atoms with van der Waals surface area (Å²) in [6.07, 6.45) is 0. The maximum atomic E-state index is 12.2. The van der Waals surface area contributed by atoms with E-state index >= 15 is 0 Å². The molecule has 1 heterocycles. The van der Waals surface area contributed by atoms with Gasteiger partial charge in [-0.3, -0.25) is 4.79 Å². The van der Waals surface area contributed by atoms with Gasteiger partial charge in [0.2, 0.25) is 0 Å². The average molecular weight is 396 g/mol. The standard InChI is InChI=1S/C21H20N2O4S/c1-13-5-4-6-14(2)19(13)23-18(24)11-27-21(25)17-12-28-20(22-17)15-7-9-16(26-3)10-8-15/h4-10,12H,11H2,1-3H3,(H,23,24). The lowest BCUT2D eigenvalue weighted by Crippen LogP contribution is -2.22. The van der Waals surface area contributed by atoms with Gasteiger partial charge in [-0.25, -0.2) is 9.78 Å². The van der Waals surface area contributed by atoms with Gasteiger partial charge in [-0.15, -0.1) is 11.3 Å². The molecule has 0 saturated carbocycles. The fourth-order valence-electron chi connectivity index (χ4n) is 2.63. The number of aromatic nitrogens is 1. The molecule has 7 heteroatoms. The van der Waals surface area contributed by atoms with Crippen molar-refractivity contribution in [2.24, 2.45) is 0 Å². The Labute approximate surface area is 167 Å². The number of para-hydroxylation sites is 1. The number of amides is 1. The maximum absolute atomic E-state index is 12.2. The third-order valence-electron chi connectivity index (χ3n) is 4.13. The van der Waals surface area contributed by atoms with E-state index in [-0.39, 0.29) is 12.3 Å². The number of carbonyl (C=O) groups is 2. The van der Waals surface area contributed by atoms with Gasteiger partial charge in [-0.1, -0.05) is 18.2 Å². The maximum Gasteiger partial charge on any atom is 0.358 e. The molecule has 1 amide bonds. The Morgan fingerprint density at radius 1 is 1.07 bits per heavy atom. The lowest BCUT2D eigenvalue weighted by Gasteiger charge is -2.11. The molecular formula is C21H20N2O4S. The molecule has 0 unspecified atom stereocenters. The van der Waals surface area contributed by atoms with Crippen molar-refractivity contribution in [2.75, 3.05) is 19.0 Å². The fraction of sp³-hybridized carbons (Fsp3) is 0.190. The van der Waals surface area contributed by atoms with Crippen LogP contribution >= 0.6 is 11.3 Å². The number of methoxy groups -OCH3 is 1. The van der Waals surface area contributed by atoms with Crippen LogP contribution in [0, 0.1) is 13.8 Å². The second-order valence-electron chi connectivity index (χ2n) is 6.16. The third-order valence-corrected chi connectivity index (χ3v) is 5.02. The number of aryl methyl sites for hydroxylation is 2. The molecule has 0 radical (unpaired) electrons. The van der Waals surface area contributed by atoms with Gasteiger partial charge < -0.3 is 14.8 Å². The normalized spacial score (nSPS) is 10.4. The number of nitrogens with zero attached hydrogens (tertiary/aromatic N) is 1. The van der Waals surface area contributed by atoms with Crippen LogP contribution < -0.4 is 10.1 Å². The number of ether oxygens (including phenoxy) is 2. The Bertz CT molecular complexity index is 976. The highest BCUT2D eigenvalue weighted by atomic mass is 32.1. The molecule has 3 rings (SSSR count). The van der Waals surface area contributed by atoms with E-state index in [0.717, 1.165) is 28.1 Å². The summed E-state index contributed by atoms with van der Waals surface area (Å²) < 4.78 is 10.2. The molecule has 0 spiro atoms. The number of esters is 1. The van der Waals surface area contributed by atoms with Crippen molar-refractivity contribution in [3.8, 4) is 16.3 Å². The van der Waals surface area contributed by atoms with E-state index in [0.29, 0.717) is 5.01 Å². The second kappa shape index (κ2) is 8.67. The minimum absolute atomic E-state index is 0.177. The smallest absolute Gasteiger partial charge is 0.358 e. The zero-order chi connectivity index (χ0) is 20.1. The molecule has 6 nitrogen and oxygen atoms in total. The predicted octanol–water partition coefficient (Wildman–Crippen LogP) is 4.23. The van der Waals surface area contributed by atoms with Gasteiger partial charge in [-0.2, -0.15) is 0 Å².